The van der Waals surface area contributed by atoms with Gasteiger partial charge in [0.05, 0.1) is 5.52 Å². The van der Waals surface area contributed by atoms with E-state index >= 15 is 0 Å². The van der Waals surface area contributed by atoms with Crippen molar-refractivity contribution < 1.29 is 4.74 Å². The second-order valence-electron chi connectivity index (χ2n) is 4.78. The number of ether oxygens (including phenoxy) is 1. The molecule has 0 spiro atoms. The third kappa shape index (κ3) is 3.04. The first-order valence-electron chi connectivity index (χ1n) is 6.56. The first-order chi connectivity index (χ1) is 10.2. The summed E-state index contributed by atoms with van der Waals surface area (Å²) in [4.78, 5) is 4.55. The van der Waals surface area contributed by atoms with Crippen LogP contribution in [0.2, 0.25) is 0 Å². The summed E-state index contributed by atoms with van der Waals surface area (Å²) >= 11 is 9.50. The van der Waals surface area contributed by atoms with E-state index in [9.17, 15) is 0 Å². The highest BCUT2D eigenvalue weighted by Crippen LogP contribution is 2.30. The molecule has 0 fully saturated rings. The number of para-hydroxylation sites is 1. The number of hydrogen-bond acceptors (Lipinski definition) is 2. The summed E-state index contributed by atoms with van der Waals surface area (Å²) < 4.78 is 6.91. The Morgan fingerprint density at radius 1 is 1.14 bits per heavy atom. The maximum Gasteiger partial charge on any atom is 0.220 e. The number of benzene rings is 2. The Balaban J connectivity index is 2.06. The number of alkyl halides is 1. The van der Waals surface area contributed by atoms with E-state index in [2.05, 4.69) is 20.9 Å². The highest BCUT2D eigenvalue weighted by molar-refractivity contribution is 9.10. The summed E-state index contributed by atoms with van der Waals surface area (Å²) in [6.45, 7) is 2.01. The van der Waals surface area contributed by atoms with Crippen LogP contribution in [-0.2, 0) is 5.88 Å². The molecular weight excluding hydrogens is 350 g/mol. The van der Waals surface area contributed by atoms with Gasteiger partial charge < -0.3 is 4.74 Å². The van der Waals surface area contributed by atoms with E-state index < -0.39 is 0 Å². The molecule has 0 amide bonds. The van der Waals surface area contributed by atoms with Crippen LogP contribution in [0.25, 0.3) is 10.9 Å². The Morgan fingerprint density at radius 3 is 2.76 bits per heavy atom. The number of pyridine rings is 1. The molecule has 2 aromatic carbocycles. The SMILES string of the molecule is Cc1ccc(Br)cc1Oc1cc(CCl)c2ccccc2n1. The van der Waals surface area contributed by atoms with E-state index in [4.69, 9.17) is 16.3 Å². The Hall–Kier alpha value is -1.58. The van der Waals surface area contributed by atoms with Gasteiger partial charge in [-0.3, -0.25) is 0 Å². The van der Waals surface area contributed by atoms with Crippen molar-refractivity contribution in [1.82, 2.24) is 4.98 Å². The van der Waals surface area contributed by atoms with Crippen LogP contribution in [0.15, 0.2) is 53.0 Å². The minimum atomic E-state index is 0.427. The molecule has 2 nitrogen and oxygen atoms in total. The van der Waals surface area contributed by atoms with Gasteiger partial charge in [-0.05, 0) is 36.2 Å². The largest absolute Gasteiger partial charge is 0.439 e. The van der Waals surface area contributed by atoms with Crippen LogP contribution in [0, 0.1) is 6.92 Å². The normalized spacial score (nSPS) is 10.8. The first kappa shape index (κ1) is 14.4. The summed E-state index contributed by atoms with van der Waals surface area (Å²) in [6.07, 6.45) is 0. The fraction of sp³-hybridized carbons (Fsp3) is 0.118. The second-order valence-corrected chi connectivity index (χ2v) is 5.97. The zero-order valence-electron chi connectivity index (χ0n) is 11.4. The molecule has 0 aliphatic carbocycles. The van der Waals surface area contributed by atoms with Gasteiger partial charge in [0.15, 0.2) is 0 Å². The molecule has 1 heterocycles. The molecule has 3 aromatic rings. The maximum atomic E-state index is 6.05. The van der Waals surface area contributed by atoms with Crippen LogP contribution in [0.4, 0.5) is 0 Å². The van der Waals surface area contributed by atoms with E-state index in [1.54, 1.807) is 0 Å². The van der Waals surface area contributed by atoms with Crippen molar-refractivity contribution in [2.75, 3.05) is 0 Å². The standard InChI is InChI=1S/C17H13BrClNO/c1-11-6-7-13(18)9-16(11)21-17-8-12(10-19)14-4-2-3-5-15(14)20-17/h2-9H,10H2,1H3. The number of halogens is 2. The zero-order valence-corrected chi connectivity index (χ0v) is 13.8. The molecule has 0 saturated carbocycles. The number of aromatic nitrogens is 1. The van der Waals surface area contributed by atoms with Gasteiger partial charge in [0.1, 0.15) is 5.75 Å². The van der Waals surface area contributed by atoms with Gasteiger partial charge in [0, 0.05) is 21.8 Å². The Labute approximate surface area is 136 Å². The van der Waals surface area contributed by atoms with Crippen LogP contribution in [-0.4, -0.2) is 4.98 Å². The van der Waals surface area contributed by atoms with Crippen molar-refractivity contribution in [2.45, 2.75) is 12.8 Å². The Kier molecular flexibility index (Phi) is 4.13. The van der Waals surface area contributed by atoms with E-state index in [-0.39, 0.29) is 0 Å². The van der Waals surface area contributed by atoms with Crippen molar-refractivity contribution in [1.29, 1.82) is 0 Å². The number of rotatable bonds is 3. The number of fused-ring (bicyclic) bond motifs is 1. The van der Waals surface area contributed by atoms with Gasteiger partial charge in [-0.2, -0.15) is 0 Å². The topological polar surface area (TPSA) is 22.1 Å². The number of nitrogens with zero attached hydrogens (tertiary/aromatic N) is 1. The van der Waals surface area contributed by atoms with Crippen LogP contribution < -0.4 is 4.74 Å². The van der Waals surface area contributed by atoms with E-state index in [0.29, 0.717) is 11.8 Å². The van der Waals surface area contributed by atoms with Gasteiger partial charge in [0.25, 0.3) is 0 Å². The molecule has 106 valence electrons. The highest BCUT2D eigenvalue weighted by atomic mass is 79.9. The first-order valence-corrected chi connectivity index (χ1v) is 7.89. The predicted molar refractivity (Wildman–Crippen MR) is 90.3 cm³/mol. The highest BCUT2D eigenvalue weighted by Gasteiger charge is 2.08. The van der Waals surface area contributed by atoms with Crippen molar-refractivity contribution in [3.63, 3.8) is 0 Å². The molecule has 0 saturated heterocycles. The molecular formula is C17H13BrClNO. The lowest BCUT2D eigenvalue weighted by molar-refractivity contribution is 0.461. The summed E-state index contributed by atoms with van der Waals surface area (Å²) in [5.41, 5.74) is 2.96. The third-order valence-electron chi connectivity index (χ3n) is 3.29. The Bertz CT molecular complexity index is 804. The van der Waals surface area contributed by atoms with Crippen LogP contribution in [0.1, 0.15) is 11.1 Å². The maximum absolute atomic E-state index is 6.05. The summed E-state index contributed by atoms with van der Waals surface area (Å²) in [6, 6.07) is 15.8. The van der Waals surface area contributed by atoms with Crippen molar-refractivity contribution >= 4 is 38.4 Å². The molecule has 4 heteroatoms. The van der Waals surface area contributed by atoms with Gasteiger partial charge in [-0.15, -0.1) is 11.6 Å². The molecule has 0 bridgehead atoms. The molecule has 3 rings (SSSR count). The van der Waals surface area contributed by atoms with Gasteiger partial charge in [-0.1, -0.05) is 40.2 Å². The van der Waals surface area contributed by atoms with E-state index in [0.717, 1.165) is 32.3 Å². The summed E-state index contributed by atoms with van der Waals surface area (Å²) in [5, 5.41) is 1.06. The van der Waals surface area contributed by atoms with Gasteiger partial charge in [-0.25, -0.2) is 4.98 Å². The van der Waals surface area contributed by atoms with Crippen molar-refractivity contribution in [3.8, 4) is 11.6 Å². The van der Waals surface area contributed by atoms with E-state index in [1.165, 1.54) is 0 Å². The van der Waals surface area contributed by atoms with Crippen molar-refractivity contribution in [3.05, 3.63) is 64.1 Å². The molecule has 0 aliphatic heterocycles. The zero-order chi connectivity index (χ0) is 14.8. The predicted octanol–water partition coefficient (Wildman–Crippen LogP) is 5.84. The van der Waals surface area contributed by atoms with Crippen LogP contribution in [0.3, 0.4) is 0 Å². The third-order valence-corrected chi connectivity index (χ3v) is 4.07. The monoisotopic (exact) mass is 361 g/mol. The lowest BCUT2D eigenvalue weighted by atomic mass is 10.1. The molecule has 0 N–H and O–H groups in total. The van der Waals surface area contributed by atoms with Crippen molar-refractivity contribution in [2.24, 2.45) is 0 Å². The number of hydrogen-bond donors (Lipinski definition) is 0. The quantitative estimate of drug-likeness (QED) is 0.546. The summed E-state index contributed by atoms with van der Waals surface area (Å²) in [7, 11) is 0. The van der Waals surface area contributed by atoms with Crippen LogP contribution >= 0.6 is 27.5 Å². The molecule has 0 radical (unpaired) electrons. The van der Waals surface area contributed by atoms with Gasteiger partial charge >= 0.3 is 0 Å². The average molecular weight is 363 g/mol. The molecule has 0 aliphatic rings. The molecule has 1 aromatic heterocycles. The summed E-state index contributed by atoms with van der Waals surface area (Å²) in [5.74, 6) is 1.77. The second kappa shape index (κ2) is 6.04. The molecule has 0 atom stereocenters. The molecule has 21 heavy (non-hydrogen) atoms. The van der Waals surface area contributed by atoms with E-state index in [1.807, 2.05) is 55.5 Å². The minimum absolute atomic E-state index is 0.427. The fourth-order valence-corrected chi connectivity index (χ4v) is 2.74. The Morgan fingerprint density at radius 2 is 1.95 bits per heavy atom. The minimum Gasteiger partial charge on any atom is -0.439 e. The lowest BCUT2D eigenvalue weighted by Gasteiger charge is -2.11. The van der Waals surface area contributed by atoms with Crippen LogP contribution in [0.5, 0.6) is 11.6 Å². The fourth-order valence-electron chi connectivity index (χ4n) is 2.18. The smallest absolute Gasteiger partial charge is 0.220 e. The average Bonchev–Trinajstić information content (AvgIpc) is 2.50. The van der Waals surface area contributed by atoms with Gasteiger partial charge in [0.2, 0.25) is 5.88 Å². The molecule has 0 unspecified atom stereocenters. The number of aryl methyl sites for hydroxylation is 1. The lowest BCUT2D eigenvalue weighted by Crippen LogP contribution is -1.94.